The van der Waals surface area contributed by atoms with Gasteiger partial charge in [-0.2, -0.15) is 0 Å². The van der Waals surface area contributed by atoms with E-state index in [9.17, 15) is 19.2 Å². The highest BCUT2D eigenvalue weighted by atomic mass is 16.6. The van der Waals surface area contributed by atoms with Gasteiger partial charge in [-0.1, -0.05) is 84.6 Å². The Morgan fingerprint density at radius 2 is 1.21 bits per heavy atom. The molecule has 318 valence electrons. The normalized spacial score (nSPS) is 38.4. The topological polar surface area (TPSA) is 122 Å². The summed E-state index contributed by atoms with van der Waals surface area (Å²) >= 11 is 0. The Hall–Kier alpha value is -3.00. The Morgan fingerprint density at radius 3 is 1.74 bits per heavy atom. The predicted molar refractivity (Wildman–Crippen MR) is 225 cm³/mol. The third-order valence-corrected chi connectivity index (χ3v) is 16.6. The molecule has 0 radical (unpaired) electrons. The van der Waals surface area contributed by atoms with Crippen molar-refractivity contribution in [2.45, 2.75) is 191 Å². The summed E-state index contributed by atoms with van der Waals surface area (Å²) in [6, 6.07) is 0. The Bertz CT molecular complexity index is 1740. The van der Waals surface area contributed by atoms with Gasteiger partial charge in [0.15, 0.2) is 0 Å². The molecule has 8 heteroatoms. The van der Waals surface area contributed by atoms with Crippen molar-refractivity contribution in [3.05, 3.63) is 45.6 Å². The molecule has 5 aliphatic rings. The number of carbonyl (C=O) groups excluding carboxylic acids is 4. The Labute approximate surface area is 344 Å². The molecule has 5 saturated carbocycles. The first-order valence-corrected chi connectivity index (χ1v) is 22.1. The maximum Gasteiger partial charge on any atom is 0.342 e. The molecule has 0 spiro atoms. The van der Waals surface area contributed by atoms with Crippen molar-refractivity contribution < 1.29 is 33.4 Å². The standard InChI is InChI=1S/C49H75NO7/c1-29(2)17-14-20-35(41-32(6)45(9,10)27-39(41)55-33(7)51)43(53)57-44(54)36(21-15-18-30(3)4)42-38-23-26-49(50)46(11)24-16-19-31(5)37(46)22-25-48(49,13)47(38,12)28-40(42)56-34(8)52/h17-18,31-32,37-40H,14-16,19-28,50H2,1-13H3/b41-35-,42-36-/t31-,32?,37?,38?,39?,40?,46?,47?,48-,49?/m1/s1. The van der Waals surface area contributed by atoms with Gasteiger partial charge in [0.2, 0.25) is 0 Å². The lowest BCUT2D eigenvalue weighted by Gasteiger charge is -2.72. The molecule has 2 N–H and O–H groups in total. The van der Waals surface area contributed by atoms with Gasteiger partial charge in [-0.05, 0) is 155 Å². The van der Waals surface area contributed by atoms with Crippen LogP contribution in [0.1, 0.15) is 173 Å². The molecule has 57 heavy (non-hydrogen) atoms. The zero-order chi connectivity index (χ0) is 42.5. The number of ether oxygens (including phenoxy) is 3. The molecule has 8 unspecified atom stereocenters. The second-order valence-corrected chi connectivity index (χ2v) is 20.7. The fourth-order valence-electron chi connectivity index (χ4n) is 13.2. The van der Waals surface area contributed by atoms with Crippen molar-refractivity contribution in [2.24, 2.45) is 51.1 Å². The highest BCUT2D eigenvalue weighted by molar-refractivity contribution is 6.03. The Balaban J connectivity index is 1.63. The summed E-state index contributed by atoms with van der Waals surface area (Å²) in [6.45, 7) is 26.8. The lowest BCUT2D eigenvalue weighted by Crippen LogP contribution is -2.75. The van der Waals surface area contributed by atoms with Crippen LogP contribution in [0.2, 0.25) is 0 Å². The van der Waals surface area contributed by atoms with Crippen LogP contribution in [0.15, 0.2) is 45.6 Å². The first-order valence-electron chi connectivity index (χ1n) is 22.1. The van der Waals surface area contributed by atoms with E-state index in [-0.39, 0.29) is 33.5 Å². The molecule has 0 aromatic carbocycles. The van der Waals surface area contributed by atoms with Crippen molar-refractivity contribution in [2.75, 3.05) is 0 Å². The van der Waals surface area contributed by atoms with Gasteiger partial charge in [0, 0.05) is 30.5 Å². The molecule has 0 aliphatic heterocycles. The highest BCUT2D eigenvalue weighted by Gasteiger charge is 2.73. The van der Waals surface area contributed by atoms with Crippen molar-refractivity contribution in [3.8, 4) is 0 Å². The summed E-state index contributed by atoms with van der Waals surface area (Å²) in [6.07, 6.45) is 13.2. The van der Waals surface area contributed by atoms with Crippen LogP contribution < -0.4 is 5.73 Å². The first kappa shape index (κ1) is 45.1. The van der Waals surface area contributed by atoms with Gasteiger partial charge in [-0.25, -0.2) is 9.59 Å². The van der Waals surface area contributed by atoms with Crippen LogP contribution in [0.5, 0.6) is 0 Å². The maximum atomic E-state index is 14.9. The molecule has 5 aliphatic carbocycles. The molecule has 0 amide bonds. The summed E-state index contributed by atoms with van der Waals surface area (Å²) < 4.78 is 18.1. The second kappa shape index (κ2) is 16.6. The quantitative estimate of drug-likeness (QED) is 0.0763. The largest absolute Gasteiger partial charge is 0.458 e. The maximum absolute atomic E-state index is 14.9. The molecule has 0 bridgehead atoms. The summed E-state index contributed by atoms with van der Waals surface area (Å²) in [5.41, 5.74) is 11.2. The average molecular weight is 790 g/mol. The number of hydrogen-bond acceptors (Lipinski definition) is 8. The molecular formula is C49H75NO7. The van der Waals surface area contributed by atoms with Crippen LogP contribution in [-0.4, -0.2) is 41.6 Å². The van der Waals surface area contributed by atoms with E-state index in [0.717, 1.165) is 54.4 Å². The number of nitrogens with two attached hydrogens (primary N) is 1. The van der Waals surface area contributed by atoms with Gasteiger partial charge in [0.05, 0.1) is 0 Å². The van der Waals surface area contributed by atoms with Gasteiger partial charge < -0.3 is 19.9 Å². The molecule has 5 fully saturated rings. The van der Waals surface area contributed by atoms with E-state index < -0.39 is 41.6 Å². The van der Waals surface area contributed by atoms with Gasteiger partial charge in [0.1, 0.15) is 12.2 Å². The van der Waals surface area contributed by atoms with Crippen molar-refractivity contribution in [1.82, 2.24) is 0 Å². The van der Waals surface area contributed by atoms with E-state index in [0.29, 0.717) is 61.5 Å². The molecule has 0 aromatic rings. The van der Waals surface area contributed by atoms with E-state index in [1.807, 2.05) is 27.7 Å². The average Bonchev–Trinajstić information content (AvgIpc) is 3.49. The van der Waals surface area contributed by atoms with E-state index >= 15 is 0 Å². The smallest absolute Gasteiger partial charge is 0.342 e. The zero-order valence-corrected chi connectivity index (χ0v) is 37.7. The van der Waals surface area contributed by atoms with Crippen LogP contribution in [0.3, 0.4) is 0 Å². The van der Waals surface area contributed by atoms with Crippen molar-refractivity contribution in [3.63, 3.8) is 0 Å². The summed E-state index contributed by atoms with van der Waals surface area (Å²) in [4.78, 5) is 54.7. The van der Waals surface area contributed by atoms with Gasteiger partial charge in [0.25, 0.3) is 0 Å². The van der Waals surface area contributed by atoms with E-state index in [2.05, 4.69) is 60.6 Å². The number of carbonyl (C=O) groups is 4. The van der Waals surface area contributed by atoms with E-state index in [1.165, 1.54) is 26.7 Å². The lowest BCUT2D eigenvalue weighted by molar-refractivity contribution is -0.200. The Kier molecular flexibility index (Phi) is 13.1. The van der Waals surface area contributed by atoms with Crippen LogP contribution in [-0.2, 0) is 33.4 Å². The predicted octanol–water partition coefficient (Wildman–Crippen LogP) is 10.8. The minimum atomic E-state index is -0.696. The third-order valence-electron chi connectivity index (χ3n) is 16.6. The SMILES string of the molecule is CC(=O)OC1CC(C)(C)C(C)/C1=C(\CCC=C(C)C)C(=O)OC(=O)/C(CCC=C(C)C)=C1\C(OC(C)=O)CC2(C)C1CCC1(N)C3(C)CCC[C@@H](C)C3CC[C@]21C. The molecule has 0 heterocycles. The minimum Gasteiger partial charge on any atom is -0.458 e. The zero-order valence-electron chi connectivity index (χ0n) is 37.7. The first-order chi connectivity index (χ1) is 26.4. The molecule has 0 aromatic heterocycles. The molecule has 8 nitrogen and oxygen atoms in total. The van der Waals surface area contributed by atoms with Crippen molar-refractivity contribution >= 4 is 23.9 Å². The summed E-state index contributed by atoms with van der Waals surface area (Å²) in [5.74, 6) is -1.15. The minimum absolute atomic E-state index is 0.0159. The van der Waals surface area contributed by atoms with Gasteiger partial charge in [-0.3, -0.25) is 9.59 Å². The second-order valence-electron chi connectivity index (χ2n) is 20.7. The van der Waals surface area contributed by atoms with Crippen molar-refractivity contribution in [1.29, 1.82) is 0 Å². The monoisotopic (exact) mass is 790 g/mol. The van der Waals surface area contributed by atoms with Crippen LogP contribution >= 0.6 is 0 Å². The fraction of sp³-hybridized carbons (Fsp3) is 0.755. The summed E-state index contributed by atoms with van der Waals surface area (Å²) in [7, 11) is 0. The fourth-order valence-corrected chi connectivity index (χ4v) is 13.2. The van der Waals surface area contributed by atoms with Crippen LogP contribution in [0, 0.1) is 45.3 Å². The number of fused-ring (bicyclic) bond motifs is 5. The van der Waals surface area contributed by atoms with E-state index in [1.54, 1.807) is 0 Å². The number of rotatable bonds is 10. The van der Waals surface area contributed by atoms with Gasteiger partial charge >= 0.3 is 23.9 Å². The lowest BCUT2D eigenvalue weighted by atomic mass is 9.34. The molecule has 10 atom stereocenters. The number of esters is 4. The number of hydrogen-bond donors (Lipinski definition) is 1. The third kappa shape index (κ3) is 8.03. The molecular weight excluding hydrogens is 715 g/mol. The van der Waals surface area contributed by atoms with Crippen LogP contribution in [0.25, 0.3) is 0 Å². The Morgan fingerprint density at radius 1 is 0.684 bits per heavy atom. The number of allylic oxidation sites excluding steroid dienone is 4. The molecule has 5 rings (SSSR count). The molecule has 0 saturated heterocycles. The van der Waals surface area contributed by atoms with E-state index in [4.69, 9.17) is 19.9 Å². The van der Waals surface area contributed by atoms with Gasteiger partial charge in [-0.15, -0.1) is 0 Å². The van der Waals surface area contributed by atoms with Crippen LogP contribution in [0.4, 0.5) is 0 Å². The highest BCUT2D eigenvalue weighted by Crippen LogP contribution is 2.75. The summed E-state index contributed by atoms with van der Waals surface area (Å²) in [5, 5.41) is 0.